The average Bonchev–Trinajstić information content (AvgIpc) is 2.90. The zero-order chi connectivity index (χ0) is 14.8. The molecule has 112 valence electrons. The Morgan fingerprint density at radius 3 is 2.48 bits per heavy atom. The van der Waals surface area contributed by atoms with Crippen LogP contribution in [0.25, 0.3) is 0 Å². The number of benzene rings is 1. The molecule has 1 aromatic carbocycles. The van der Waals surface area contributed by atoms with Gasteiger partial charge in [-0.25, -0.2) is 4.39 Å². The Labute approximate surface area is 122 Å². The van der Waals surface area contributed by atoms with Crippen molar-refractivity contribution >= 4 is 17.6 Å². The summed E-state index contributed by atoms with van der Waals surface area (Å²) in [6.45, 7) is 3.03. The van der Waals surface area contributed by atoms with Crippen LogP contribution in [0.1, 0.15) is 0 Å². The molecule has 0 unspecified atom stereocenters. The van der Waals surface area contributed by atoms with Gasteiger partial charge in [-0.3, -0.25) is 4.57 Å². The SMILES string of the molecule is CN(c1ccc(F)cc1)c1nnc(N2CCOCC2)n1C. The van der Waals surface area contributed by atoms with E-state index < -0.39 is 0 Å². The third-order valence-electron chi connectivity index (χ3n) is 3.64. The molecule has 21 heavy (non-hydrogen) atoms. The summed E-state index contributed by atoms with van der Waals surface area (Å²) in [4.78, 5) is 4.04. The highest BCUT2D eigenvalue weighted by Crippen LogP contribution is 2.24. The van der Waals surface area contributed by atoms with E-state index in [1.807, 2.05) is 23.6 Å². The number of nitrogens with zero attached hydrogens (tertiary/aromatic N) is 5. The molecule has 7 heteroatoms. The highest BCUT2D eigenvalue weighted by atomic mass is 19.1. The monoisotopic (exact) mass is 291 g/mol. The Kier molecular flexibility index (Phi) is 3.74. The van der Waals surface area contributed by atoms with Crippen molar-refractivity contribution in [2.45, 2.75) is 0 Å². The molecule has 0 bridgehead atoms. The normalized spacial score (nSPS) is 15.3. The third kappa shape index (κ3) is 2.69. The van der Waals surface area contributed by atoms with Crippen LogP contribution in [0.5, 0.6) is 0 Å². The number of hydrogen-bond acceptors (Lipinski definition) is 5. The predicted octanol–water partition coefficient (Wildman–Crippen LogP) is 1.56. The van der Waals surface area contributed by atoms with Gasteiger partial charge in [0, 0.05) is 32.9 Å². The minimum Gasteiger partial charge on any atom is -0.378 e. The fourth-order valence-corrected chi connectivity index (χ4v) is 2.42. The van der Waals surface area contributed by atoms with Crippen LogP contribution >= 0.6 is 0 Å². The van der Waals surface area contributed by atoms with Gasteiger partial charge in [-0.05, 0) is 24.3 Å². The van der Waals surface area contributed by atoms with Crippen LogP contribution < -0.4 is 9.80 Å². The summed E-state index contributed by atoms with van der Waals surface area (Å²) in [6, 6.07) is 6.31. The van der Waals surface area contributed by atoms with Crippen molar-refractivity contribution in [2.75, 3.05) is 43.2 Å². The molecule has 0 saturated carbocycles. The second-order valence-corrected chi connectivity index (χ2v) is 4.99. The predicted molar refractivity (Wildman–Crippen MR) is 78.5 cm³/mol. The van der Waals surface area contributed by atoms with E-state index in [1.54, 1.807) is 12.1 Å². The fourth-order valence-electron chi connectivity index (χ4n) is 2.42. The first-order chi connectivity index (χ1) is 10.2. The minimum absolute atomic E-state index is 0.251. The summed E-state index contributed by atoms with van der Waals surface area (Å²) in [6.07, 6.45) is 0. The number of morpholine rings is 1. The summed E-state index contributed by atoms with van der Waals surface area (Å²) in [5.74, 6) is 1.28. The van der Waals surface area contributed by atoms with Crippen molar-refractivity contribution in [3.63, 3.8) is 0 Å². The van der Waals surface area contributed by atoms with Crippen LogP contribution in [0.15, 0.2) is 24.3 Å². The summed E-state index contributed by atoms with van der Waals surface area (Å²) in [5, 5.41) is 8.52. The molecular formula is C14H18FN5O. The molecule has 2 aromatic rings. The number of aromatic nitrogens is 3. The Morgan fingerprint density at radius 2 is 1.81 bits per heavy atom. The van der Waals surface area contributed by atoms with E-state index >= 15 is 0 Å². The standard InChI is InChI=1S/C14H18FN5O/c1-18(12-5-3-11(15)4-6-12)13-16-17-14(19(13)2)20-7-9-21-10-8-20/h3-6H,7-10H2,1-2H3. The van der Waals surface area contributed by atoms with Crippen LogP contribution in [-0.4, -0.2) is 48.1 Å². The number of hydrogen-bond donors (Lipinski definition) is 0. The fraction of sp³-hybridized carbons (Fsp3) is 0.429. The van der Waals surface area contributed by atoms with Gasteiger partial charge in [-0.2, -0.15) is 0 Å². The Balaban J connectivity index is 1.85. The third-order valence-corrected chi connectivity index (χ3v) is 3.64. The van der Waals surface area contributed by atoms with Crippen molar-refractivity contribution in [1.82, 2.24) is 14.8 Å². The molecule has 0 N–H and O–H groups in total. The van der Waals surface area contributed by atoms with Crippen LogP contribution in [0.3, 0.4) is 0 Å². The van der Waals surface area contributed by atoms with E-state index in [2.05, 4.69) is 15.1 Å². The van der Waals surface area contributed by atoms with Crippen LogP contribution in [0.4, 0.5) is 22.0 Å². The maximum absolute atomic E-state index is 13.0. The van der Waals surface area contributed by atoms with Gasteiger partial charge in [-0.1, -0.05) is 0 Å². The largest absolute Gasteiger partial charge is 0.378 e. The molecule has 3 rings (SSSR count). The van der Waals surface area contributed by atoms with E-state index in [-0.39, 0.29) is 5.82 Å². The highest BCUT2D eigenvalue weighted by molar-refractivity contribution is 5.57. The second kappa shape index (κ2) is 5.69. The molecule has 0 atom stereocenters. The number of anilines is 3. The molecule has 0 aliphatic carbocycles. The van der Waals surface area contributed by atoms with Gasteiger partial charge < -0.3 is 14.5 Å². The van der Waals surface area contributed by atoms with Crippen LogP contribution in [-0.2, 0) is 11.8 Å². The number of halogens is 1. The molecule has 0 spiro atoms. The van der Waals surface area contributed by atoms with Crippen LogP contribution in [0, 0.1) is 5.82 Å². The van der Waals surface area contributed by atoms with E-state index in [1.165, 1.54) is 12.1 Å². The lowest BCUT2D eigenvalue weighted by Gasteiger charge is -2.27. The van der Waals surface area contributed by atoms with Gasteiger partial charge in [-0.15, -0.1) is 10.2 Å². The summed E-state index contributed by atoms with van der Waals surface area (Å²) in [5.41, 5.74) is 0.862. The zero-order valence-corrected chi connectivity index (χ0v) is 12.2. The molecule has 0 radical (unpaired) electrons. The number of rotatable bonds is 3. The van der Waals surface area contributed by atoms with Crippen molar-refractivity contribution in [1.29, 1.82) is 0 Å². The van der Waals surface area contributed by atoms with Gasteiger partial charge >= 0.3 is 0 Å². The van der Waals surface area contributed by atoms with Crippen LogP contribution in [0.2, 0.25) is 0 Å². The van der Waals surface area contributed by atoms with E-state index in [9.17, 15) is 4.39 Å². The van der Waals surface area contributed by atoms with Crippen molar-refractivity contribution in [3.8, 4) is 0 Å². The Bertz CT molecular complexity index is 606. The molecular weight excluding hydrogens is 273 g/mol. The smallest absolute Gasteiger partial charge is 0.232 e. The van der Waals surface area contributed by atoms with Crippen molar-refractivity contribution in [2.24, 2.45) is 7.05 Å². The maximum Gasteiger partial charge on any atom is 0.232 e. The first kappa shape index (κ1) is 13.8. The van der Waals surface area contributed by atoms with E-state index in [0.717, 1.165) is 24.7 Å². The van der Waals surface area contributed by atoms with Gasteiger partial charge in [0.05, 0.1) is 13.2 Å². The molecule has 2 heterocycles. The molecule has 1 aromatic heterocycles. The molecule has 1 saturated heterocycles. The first-order valence-electron chi connectivity index (χ1n) is 6.88. The quantitative estimate of drug-likeness (QED) is 0.859. The summed E-state index contributed by atoms with van der Waals surface area (Å²) < 4.78 is 20.3. The van der Waals surface area contributed by atoms with Gasteiger partial charge in [0.25, 0.3) is 0 Å². The topological polar surface area (TPSA) is 46.4 Å². The maximum atomic E-state index is 13.0. The Hall–Kier alpha value is -2.15. The van der Waals surface area contributed by atoms with Crippen molar-refractivity contribution < 1.29 is 9.13 Å². The molecule has 6 nitrogen and oxygen atoms in total. The first-order valence-corrected chi connectivity index (χ1v) is 6.88. The average molecular weight is 291 g/mol. The lowest BCUT2D eigenvalue weighted by atomic mass is 10.3. The molecule has 0 amide bonds. The highest BCUT2D eigenvalue weighted by Gasteiger charge is 2.20. The van der Waals surface area contributed by atoms with Crippen molar-refractivity contribution in [3.05, 3.63) is 30.1 Å². The Morgan fingerprint density at radius 1 is 1.14 bits per heavy atom. The molecule has 1 fully saturated rings. The van der Waals surface area contributed by atoms with E-state index in [0.29, 0.717) is 19.2 Å². The minimum atomic E-state index is -0.251. The lowest BCUT2D eigenvalue weighted by molar-refractivity contribution is 0.121. The molecule has 1 aliphatic heterocycles. The summed E-state index contributed by atoms with van der Waals surface area (Å²) >= 11 is 0. The molecule has 1 aliphatic rings. The lowest BCUT2D eigenvalue weighted by Crippen LogP contribution is -2.37. The van der Waals surface area contributed by atoms with E-state index in [4.69, 9.17) is 4.74 Å². The number of ether oxygens (including phenoxy) is 1. The summed E-state index contributed by atoms with van der Waals surface area (Å²) in [7, 11) is 3.82. The zero-order valence-electron chi connectivity index (χ0n) is 12.2. The van der Waals surface area contributed by atoms with Gasteiger partial charge in [0.15, 0.2) is 0 Å². The second-order valence-electron chi connectivity index (χ2n) is 4.99. The van der Waals surface area contributed by atoms with Gasteiger partial charge in [0.2, 0.25) is 11.9 Å². The van der Waals surface area contributed by atoms with Gasteiger partial charge in [0.1, 0.15) is 5.82 Å².